The molecule has 66 valence electrons. The summed E-state index contributed by atoms with van der Waals surface area (Å²) in [6.07, 6.45) is 7.81. The molecule has 0 amide bonds. The largest absolute Gasteiger partial charge is 0.265 e. The molecule has 0 N–H and O–H groups in total. The van der Waals surface area contributed by atoms with Gasteiger partial charge in [0.1, 0.15) is 0 Å². The molecular weight excluding hydrogens is 146 g/mol. The topological polar surface area (TPSA) is 12.9 Å². The second-order valence-electron chi connectivity index (χ2n) is 2.51. The minimum Gasteiger partial charge on any atom is -0.265 e. The summed E-state index contributed by atoms with van der Waals surface area (Å²) in [5.74, 6) is 0. The third-order valence-corrected chi connectivity index (χ3v) is 1.29. The minimum atomic E-state index is 1.17. The molecule has 1 heterocycles. The fraction of sp³-hybridized carbons (Fsp3) is 0.364. The van der Waals surface area contributed by atoms with Crippen LogP contribution in [-0.4, -0.2) is 4.98 Å². The van der Waals surface area contributed by atoms with E-state index >= 15 is 0 Å². The van der Waals surface area contributed by atoms with E-state index < -0.39 is 0 Å². The number of hydrogen-bond acceptors (Lipinski definition) is 1. The third-order valence-electron chi connectivity index (χ3n) is 1.29. The first kappa shape index (κ1) is 10.9. The van der Waals surface area contributed by atoms with E-state index in [0.717, 1.165) is 0 Å². The van der Waals surface area contributed by atoms with Gasteiger partial charge in [0, 0.05) is 12.4 Å². The highest BCUT2D eigenvalue weighted by Crippen LogP contribution is 1.98. The Morgan fingerprint density at radius 2 is 1.92 bits per heavy atom. The molecule has 1 aromatic heterocycles. The summed E-state index contributed by atoms with van der Waals surface area (Å²) in [6, 6.07) is 4.12. The zero-order chi connectivity index (χ0) is 9.23. The molecule has 0 aliphatic carbocycles. The summed E-state index contributed by atoms with van der Waals surface area (Å²) in [5.41, 5.74) is 1.38. The summed E-state index contributed by atoms with van der Waals surface area (Å²) >= 11 is 0. The summed E-state index contributed by atoms with van der Waals surface area (Å²) in [4.78, 5) is 3.93. The number of aromatic nitrogens is 1. The number of hydrogen-bond donors (Lipinski definition) is 0. The van der Waals surface area contributed by atoms with Crippen LogP contribution in [0.15, 0.2) is 37.2 Å². The Kier molecular flexibility index (Phi) is 7.25. The lowest BCUT2D eigenvalue weighted by Crippen LogP contribution is -1.80. The molecule has 12 heavy (non-hydrogen) atoms. The van der Waals surface area contributed by atoms with Crippen LogP contribution >= 0.6 is 0 Å². The lowest BCUT2D eigenvalue weighted by Gasteiger charge is -1.93. The monoisotopic (exact) mass is 163 g/mol. The van der Waals surface area contributed by atoms with E-state index in [1.807, 2.05) is 19.3 Å². The fourth-order valence-electron chi connectivity index (χ4n) is 0.838. The van der Waals surface area contributed by atoms with E-state index in [1.54, 1.807) is 6.08 Å². The minimum absolute atomic E-state index is 1.17. The second kappa shape index (κ2) is 7.99. The summed E-state index contributed by atoms with van der Waals surface area (Å²) < 4.78 is 0. The van der Waals surface area contributed by atoms with Crippen molar-refractivity contribution in [3.05, 3.63) is 42.7 Å². The van der Waals surface area contributed by atoms with Gasteiger partial charge in [-0.1, -0.05) is 19.4 Å². The smallest absolute Gasteiger partial charge is 0.0270 e. The number of allylic oxidation sites excluding steroid dienone is 1. The van der Waals surface area contributed by atoms with Gasteiger partial charge in [0.05, 0.1) is 0 Å². The van der Waals surface area contributed by atoms with Gasteiger partial charge in [0.25, 0.3) is 0 Å². The standard InChI is InChI=1S/C8H11N.C3H6/c1-2-3-8-4-6-9-7-5-8;1-3-2/h4-7H,2-3H2,1H3;3H,1H2,2H3. The molecule has 0 radical (unpaired) electrons. The van der Waals surface area contributed by atoms with Crippen molar-refractivity contribution in [1.29, 1.82) is 0 Å². The molecule has 0 spiro atoms. The van der Waals surface area contributed by atoms with Crippen LogP contribution in [0.4, 0.5) is 0 Å². The molecule has 1 heteroatoms. The van der Waals surface area contributed by atoms with Crippen molar-refractivity contribution in [2.24, 2.45) is 0 Å². The maximum absolute atomic E-state index is 3.93. The van der Waals surface area contributed by atoms with Crippen LogP contribution in [0.2, 0.25) is 0 Å². The molecule has 1 rings (SSSR count). The van der Waals surface area contributed by atoms with E-state index in [9.17, 15) is 0 Å². The Morgan fingerprint density at radius 1 is 1.42 bits per heavy atom. The van der Waals surface area contributed by atoms with Gasteiger partial charge < -0.3 is 0 Å². The van der Waals surface area contributed by atoms with Gasteiger partial charge in [0.2, 0.25) is 0 Å². The predicted molar refractivity (Wildman–Crippen MR) is 54.1 cm³/mol. The highest BCUT2D eigenvalue weighted by atomic mass is 14.6. The van der Waals surface area contributed by atoms with E-state index in [0.29, 0.717) is 0 Å². The zero-order valence-electron chi connectivity index (χ0n) is 7.96. The number of nitrogens with zero attached hydrogens (tertiary/aromatic N) is 1. The van der Waals surface area contributed by atoms with Crippen LogP contribution in [-0.2, 0) is 6.42 Å². The quantitative estimate of drug-likeness (QED) is 0.610. The van der Waals surface area contributed by atoms with Crippen molar-refractivity contribution in [3.63, 3.8) is 0 Å². The molecule has 0 saturated carbocycles. The lowest BCUT2D eigenvalue weighted by molar-refractivity contribution is 0.918. The fourth-order valence-corrected chi connectivity index (χ4v) is 0.838. The molecule has 0 aromatic carbocycles. The Labute approximate surface area is 75.2 Å². The first-order chi connectivity index (χ1) is 5.85. The first-order valence-electron chi connectivity index (χ1n) is 4.31. The molecule has 0 aliphatic heterocycles. The van der Waals surface area contributed by atoms with Gasteiger partial charge in [-0.25, -0.2) is 0 Å². The normalized spacial score (nSPS) is 8.17. The molecule has 1 aromatic rings. The van der Waals surface area contributed by atoms with Crippen LogP contribution in [0.25, 0.3) is 0 Å². The molecule has 0 fully saturated rings. The van der Waals surface area contributed by atoms with Crippen molar-refractivity contribution in [2.75, 3.05) is 0 Å². The summed E-state index contributed by atoms with van der Waals surface area (Å²) in [7, 11) is 0. The summed E-state index contributed by atoms with van der Waals surface area (Å²) in [6.45, 7) is 7.43. The van der Waals surface area contributed by atoms with E-state index in [-0.39, 0.29) is 0 Å². The maximum Gasteiger partial charge on any atom is 0.0270 e. The van der Waals surface area contributed by atoms with Gasteiger partial charge in [-0.05, 0) is 31.0 Å². The molecule has 0 saturated heterocycles. The summed E-state index contributed by atoms with van der Waals surface area (Å²) in [5, 5.41) is 0. The Balaban J connectivity index is 0.000000354. The van der Waals surface area contributed by atoms with Gasteiger partial charge in [0.15, 0.2) is 0 Å². The third kappa shape index (κ3) is 5.66. The van der Waals surface area contributed by atoms with E-state index in [1.165, 1.54) is 18.4 Å². The first-order valence-corrected chi connectivity index (χ1v) is 4.31. The Bertz CT molecular complexity index is 191. The van der Waals surface area contributed by atoms with Gasteiger partial charge in [-0.2, -0.15) is 0 Å². The SMILES string of the molecule is C=CC.CCCc1ccncc1. The van der Waals surface area contributed by atoms with Crippen molar-refractivity contribution in [1.82, 2.24) is 4.98 Å². The van der Waals surface area contributed by atoms with Crippen LogP contribution in [0, 0.1) is 0 Å². The van der Waals surface area contributed by atoms with Crippen LogP contribution < -0.4 is 0 Å². The van der Waals surface area contributed by atoms with E-state index in [2.05, 4.69) is 30.6 Å². The average molecular weight is 163 g/mol. The average Bonchev–Trinajstić information content (AvgIpc) is 2.08. The second-order valence-corrected chi connectivity index (χ2v) is 2.51. The maximum atomic E-state index is 3.93. The number of pyridine rings is 1. The van der Waals surface area contributed by atoms with E-state index in [4.69, 9.17) is 0 Å². The predicted octanol–water partition coefficient (Wildman–Crippen LogP) is 3.23. The van der Waals surface area contributed by atoms with Gasteiger partial charge in [-0.15, -0.1) is 6.58 Å². The molecule has 0 bridgehead atoms. The van der Waals surface area contributed by atoms with Crippen molar-refractivity contribution in [2.45, 2.75) is 26.7 Å². The van der Waals surface area contributed by atoms with Crippen molar-refractivity contribution in [3.8, 4) is 0 Å². The Morgan fingerprint density at radius 3 is 2.33 bits per heavy atom. The van der Waals surface area contributed by atoms with Crippen LogP contribution in [0.5, 0.6) is 0 Å². The van der Waals surface area contributed by atoms with Crippen molar-refractivity contribution >= 4 is 0 Å². The van der Waals surface area contributed by atoms with Crippen LogP contribution in [0.1, 0.15) is 25.8 Å². The Hall–Kier alpha value is -1.11. The highest BCUT2D eigenvalue weighted by molar-refractivity contribution is 5.09. The lowest BCUT2D eigenvalue weighted by atomic mass is 10.2. The molecule has 1 nitrogen and oxygen atoms in total. The number of aryl methyl sites for hydroxylation is 1. The van der Waals surface area contributed by atoms with Gasteiger partial charge in [-0.3, -0.25) is 4.98 Å². The highest BCUT2D eigenvalue weighted by Gasteiger charge is 1.85. The molecule has 0 aliphatic rings. The van der Waals surface area contributed by atoms with Crippen molar-refractivity contribution < 1.29 is 0 Å². The van der Waals surface area contributed by atoms with Gasteiger partial charge >= 0.3 is 0 Å². The van der Waals surface area contributed by atoms with Crippen LogP contribution in [0.3, 0.4) is 0 Å². The molecular formula is C11H17N. The molecule has 0 unspecified atom stereocenters. The molecule has 0 atom stereocenters. The zero-order valence-corrected chi connectivity index (χ0v) is 7.96. The number of rotatable bonds is 2.